The highest BCUT2D eigenvalue weighted by atomic mass is 19.1. The zero-order chi connectivity index (χ0) is 14.4. The molecule has 1 heterocycles. The van der Waals surface area contributed by atoms with E-state index >= 15 is 0 Å². The van der Waals surface area contributed by atoms with Crippen LogP contribution in [0.25, 0.3) is 0 Å². The Morgan fingerprint density at radius 3 is 3.00 bits per heavy atom. The maximum atomic E-state index is 13.0. The first-order valence-corrected chi connectivity index (χ1v) is 6.40. The molecule has 0 fully saturated rings. The molecule has 0 spiro atoms. The predicted molar refractivity (Wildman–Crippen MR) is 74.7 cm³/mol. The molecule has 5 nitrogen and oxygen atoms in total. The quantitative estimate of drug-likeness (QED) is 0.843. The molecule has 106 valence electrons. The lowest BCUT2D eigenvalue weighted by molar-refractivity contribution is -0.115. The molecule has 0 saturated carbocycles. The van der Waals surface area contributed by atoms with E-state index in [1.165, 1.54) is 12.1 Å². The summed E-state index contributed by atoms with van der Waals surface area (Å²) in [7, 11) is 0. The van der Waals surface area contributed by atoms with Crippen LogP contribution in [-0.2, 0) is 11.3 Å². The molecule has 0 radical (unpaired) electrons. The number of rotatable bonds is 6. The predicted octanol–water partition coefficient (Wildman–Crippen LogP) is 1.64. The van der Waals surface area contributed by atoms with E-state index in [9.17, 15) is 9.18 Å². The SMILES string of the molecule is CC(Cn1cccn1)NCC(=O)Nc1cccc(F)c1. The molecule has 0 bridgehead atoms. The second-order valence-electron chi connectivity index (χ2n) is 4.57. The van der Waals surface area contributed by atoms with Crippen LogP contribution < -0.4 is 10.6 Å². The Morgan fingerprint density at radius 2 is 2.30 bits per heavy atom. The monoisotopic (exact) mass is 276 g/mol. The van der Waals surface area contributed by atoms with Crippen molar-refractivity contribution in [3.05, 3.63) is 48.5 Å². The summed E-state index contributed by atoms with van der Waals surface area (Å²) in [6.07, 6.45) is 3.58. The van der Waals surface area contributed by atoms with Crippen LogP contribution in [0, 0.1) is 5.82 Å². The zero-order valence-corrected chi connectivity index (χ0v) is 11.2. The van der Waals surface area contributed by atoms with E-state index in [1.807, 2.05) is 19.2 Å². The van der Waals surface area contributed by atoms with Crippen LogP contribution in [0.4, 0.5) is 10.1 Å². The van der Waals surface area contributed by atoms with Crippen molar-refractivity contribution in [2.45, 2.75) is 19.5 Å². The van der Waals surface area contributed by atoms with Gasteiger partial charge in [0.05, 0.1) is 13.1 Å². The van der Waals surface area contributed by atoms with Crippen molar-refractivity contribution in [2.75, 3.05) is 11.9 Å². The van der Waals surface area contributed by atoms with Crippen LogP contribution >= 0.6 is 0 Å². The molecule has 2 aromatic rings. The number of hydrogen-bond donors (Lipinski definition) is 2. The van der Waals surface area contributed by atoms with E-state index in [-0.39, 0.29) is 24.3 Å². The number of halogens is 1. The standard InChI is InChI=1S/C14H17FN4O/c1-11(10-19-7-3-6-17-19)16-9-14(20)18-13-5-2-4-12(15)8-13/h2-8,11,16H,9-10H2,1H3,(H,18,20). The fourth-order valence-corrected chi connectivity index (χ4v) is 1.79. The van der Waals surface area contributed by atoms with Gasteiger partial charge in [-0.3, -0.25) is 9.48 Å². The average Bonchev–Trinajstić information content (AvgIpc) is 2.89. The van der Waals surface area contributed by atoms with Crippen LogP contribution in [-0.4, -0.2) is 28.3 Å². The maximum Gasteiger partial charge on any atom is 0.238 e. The lowest BCUT2D eigenvalue weighted by Crippen LogP contribution is -2.36. The van der Waals surface area contributed by atoms with Gasteiger partial charge in [-0.1, -0.05) is 6.07 Å². The van der Waals surface area contributed by atoms with Crippen LogP contribution in [0.5, 0.6) is 0 Å². The van der Waals surface area contributed by atoms with Crippen molar-refractivity contribution >= 4 is 11.6 Å². The summed E-state index contributed by atoms with van der Waals surface area (Å²) >= 11 is 0. The average molecular weight is 276 g/mol. The largest absolute Gasteiger partial charge is 0.325 e. The minimum atomic E-state index is -0.372. The van der Waals surface area contributed by atoms with E-state index < -0.39 is 0 Å². The van der Waals surface area contributed by atoms with E-state index in [0.717, 1.165) is 0 Å². The Bertz CT molecular complexity index is 556. The van der Waals surface area contributed by atoms with Crippen molar-refractivity contribution in [3.63, 3.8) is 0 Å². The first-order chi connectivity index (χ1) is 9.63. The van der Waals surface area contributed by atoms with Crippen molar-refractivity contribution in [1.29, 1.82) is 0 Å². The third-order valence-corrected chi connectivity index (χ3v) is 2.74. The van der Waals surface area contributed by atoms with Crippen LogP contribution in [0.3, 0.4) is 0 Å². The molecule has 1 unspecified atom stereocenters. The summed E-state index contributed by atoms with van der Waals surface area (Å²) in [5.74, 6) is -0.578. The fraction of sp³-hybridized carbons (Fsp3) is 0.286. The van der Waals surface area contributed by atoms with Gasteiger partial charge in [0.15, 0.2) is 0 Å². The van der Waals surface area contributed by atoms with Gasteiger partial charge in [-0.25, -0.2) is 4.39 Å². The molecule has 1 amide bonds. The summed E-state index contributed by atoms with van der Waals surface area (Å²) < 4.78 is 14.8. The van der Waals surface area contributed by atoms with Gasteiger partial charge in [-0.05, 0) is 31.2 Å². The van der Waals surface area contributed by atoms with E-state index in [2.05, 4.69) is 15.7 Å². The highest BCUT2D eigenvalue weighted by Crippen LogP contribution is 2.08. The van der Waals surface area contributed by atoms with E-state index in [4.69, 9.17) is 0 Å². The number of hydrogen-bond acceptors (Lipinski definition) is 3. The normalized spacial score (nSPS) is 12.1. The van der Waals surface area contributed by atoms with E-state index in [0.29, 0.717) is 12.2 Å². The van der Waals surface area contributed by atoms with Crippen molar-refractivity contribution < 1.29 is 9.18 Å². The Labute approximate surface area is 116 Å². The van der Waals surface area contributed by atoms with Crippen LogP contribution in [0.2, 0.25) is 0 Å². The number of amides is 1. The molecule has 0 saturated heterocycles. The molecule has 2 rings (SSSR count). The molecular formula is C14H17FN4O. The molecular weight excluding hydrogens is 259 g/mol. The smallest absolute Gasteiger partial charge is 0.238 e. The van der Waals surface area contributed by atoms with Crippen molar-refractivity contribution in [3.8, 4) is 0 Å². The van der Waals surface area contributed by atoms with Gasteiger partial charge in [-0.2, -0.15) is 5.10 Å². The number of anilines is 1. The van der Waals surface area contributed by atoms with Crippen LogP contribution in [0.15, 0.2) is 42.7 Å². The lowest BCUT2D eigenvalue weighted by Gasteiger charge is -2.13. The highest BCUT2D eigenvalue weighted by Gasteiger charge is 2.07. The third-order valence-electron chi connectivity index (χ3n) is 2.74. The Hall–Kier alpha value is -2.21. The molecule has 0 aliphatic carbocycles. The lowest BCUT2D eigenvalue weighted by atomic mass is 10.3. The van der Waals surface area contributed by atoms with Gasteiger partial charge in [-0.15, -0.1) is 0 Å². The molecule has 6 heteroatoms. The molecule has 1 atom stereocenters. The Morgan fingerprint density at radius 1 is 1.45 bits per heavy atom. The van der Waals surface area contributed by atoms with Crippen molar-refractivity contribution in [2.24, 2.45) is 0 Å². The first-order valence-electron chi connectivity index (χ1n) is 6.40. The third kappa shape index (κ3) is 4.47. The summed E-state index contributed by atoms with van der Waals surface area (Å²) in [5, 5.41) is 9.82. The van der Waals surface area contributed by atoms with Gasteiger partial charge in [0, 0.05) is 24.1 Å². The summed E-state index contributed by atoms with van der Waals surface area (Å²) in [6, 6.07) is 7.77. The summed E-state index contributed by atoms with van der Waals surface area (Å²) in [5.41, 5.74) is 0.455. The maximum absolute atomic E-state index is 13.0. The fourth-order valence-electron chi connectivity index (χ4n) is 1.79. The summed E-state index contributed by atoms with van der Waals surface area (Å²) in [4.78, 5) is 11.7. The topological polar surface area (TPSA) is 59.0 Å². The zero-order valence-electron chi connectivity index (χ0n) is 11.2. The Balaban J connectivity index is 1.74. The second-order valence-corrected chi connectivity index (χ2v) is 4.57. The minimum Gasteiger partial charge on any atom is -0.325 e. The number of aromatic nitrogens is 2. The van der Waals surface area contributed by atoms with Crippen molar-refractivity contribution in [1.82, 2.24) is 15.1 Å². The number of carbonyl (C=O) groups is 1. The number of carbonyl (C=O) groups excluding carboxylic acids is 1. The van der Waals surface area contributed by atoms with Gasteiger partial charge in [0.25, 0.3) is 0 Å². The molecule has 0 aliphatic rings. The second kappa shape index (κ2) is 6.81. The van der Waals surface area contributed by atoms with E-state index in [1.54, 1.807) is 23.0 Å². The number of benzene rings is 1. The molecule has 1 aromatic carbocycles. The molecule has 20 heavy (non-hydrogen) atoms. The van der Waals surface area contributed by atoms with Gasteiger partial charge >= 0.3 is 0 Å². The molecule has 0 aliphatic heterocycles. The number of nitrogens with zero attached hydrogens (tertiary/aromatic N) is 2. The highest BCUT2D eigenvalue weighted by molar-refractivity contribution is 5.92. The number of nitrogens with one attached hydrogen (secondary N) is 2. The van der Waals surface area contributed by atoms with Gasteiger partial charge in [0.1, 0.15) is 5.82 Å². The van der Waals surface area contributed by atoms with Crippen LogP contribution in [0.1, 0.15) is 6.92 Å². The van der Waals surface area contributed by atoms with Gasteiger partial charge in [0.2, 0.25) is 5.91 Å². The Kier molecular flexibility index (Phi) is 4.84. The first kappa shape index (κ1) is 14.2. The minimum absolute atomic E-state index is 0.105. The molecule has 1 aromatic heterocycles. The van der Waals surface area contributed by atoms with Gasteiger partial charge < -0.3 is 10.6 Å². The molecule has 2 N–H and O–H groups in total. The summed E-state index contributed by atoms with van der Waals surface area (Å²) in [6.45, 7) is 2.82.